The topological polar surface area (TPSA) is 66.6 Å². The van der Waals surface area contributed by atoms with Crippen LogP contribution in [-0.4, -0.2) is 53.8 Å². The molecule has 0 radical (unpaired) electrons. The van der Waals surface area contributed by atoms with Crippen LogP contribution in [0.2, 0.25) is 0 Å². The quantitative estimate of drug-likeness (QED) is 0.822. The van der Waals surface area contributed by atoms with E-state index in [0.717, 1.165) is 19.3 Å². The van der Waals surface area contributed by atoms with Crippen molar-refractivity contribution in [2.45, 2.75) is 45.6 Å². The van der Waals surface area contributed by atoms with Crippen molar-refractivity contribution in [2.24, 2.45) is 11.7 Å². The first kappa shape index (κ1) is 19.4. The third-order valence-electron chi connectivity index (χ3n) is 5.19. The maximum atomic E-state index is 12.4. The molecule has 0 saturated carbocycles. The van der Waals surface area contributed by atoms with E-state index in [1.165, 1.54) is 5.56 Å². The molecule has 5 heteroatoms. The highest BCUT2D eigenvalue weighted by molar-refractivity contribution is 5.82. The maximum absolute atomic E-state index is 12.4. The molecule has 0 bridgehead atoms. The highest BCUT2D eigenvalue weighted by atomic mass is 16.2. The number of nitrogens with zero attached hydrogens (tertiary/aromatic N) is 2. The first-order valence-electron chi connectivity index (χ1n) is 9.39. The summed E-state index contributed by atoms with van der Waals surface area (Å²) in [6.07, 6.45) is 3.25. The largest absolute Gasteiger partial charge is 0.339 e. The fourth-order valence-electron chi connectivity index (χ4n) is 3.13. The van der Waals surface area contributed by atoms with Gasteiger partial charge in [-0.3, -0.25) is 9.59 Å². The van der Waals surface area contributed by atoms with Crippen molar-refractivity contribution >= 4 is 11.8 Å². The van der Waals surface area contributed by atoms with Gasteiger partial charge in [-0.1, -0.05) is 50.6 Å². The lowest BCUT2D eigenvalue weighted by Gasteiger charge is -2.36. The van der Waals surface area contributed by atoms with Crippen LogP contribution in [0.1, 0.15) is 38.7 Å². The molecule has 1 aromatic rings. The molecule has 2 rings (SSSR count). The highest BCUT2D eigenvalue weighted by Crippen LogP contribution is 2.12. The van der Waals surface area contributed by atoms with Crippen LogP contribution in [0.5, 0.6) is 0 Å². The lowest BCUT2D eigenvalue weighted by molar-refractivity contribution is -0.141. The number of carbonyl (C=O) groups excluding carboxylic acids is 2. The van der Waals surface area contributed by atoms with E-state index in [1.54, 1.807) is 0 Å². The Morgan fingerprint density at radius 1 is 1.08 bits per heavy atom. The molecule has 1 saturated heterocycles. The number of amides is 2. The second-order valence-electron chi connectivity index (χ2n) is 6.96. The van der Waals surface area contributed by atoms with E-state index in [1.807, 2.05) is 41.8 Å². The van der Waals surface area contributed by atoms with E-state index in [4.69, 9.17) is 5.73 Å². The molecule has 2 amide bonds. The molecular weight excluding hydrogens is 314 g/mol. The molecule has 138 valence electrons. The fraction of sp³-hybridized carbons (Fsp3) is 0.600. The van der Waals surface area contributed by atoms with Gasteiger partial charge in [0.25, 0.3) is 0 Å². The van der Waals surface area contributed by atoms with E-state index in [2.05, 4.69) is 12.1 Å². The second-order valence-corrected chi connectivity index (χ2v) is 6.96. The standard InChI is InChI=1S/C20H31N3O2/c1-3-16(2)19(21)20(25)23-14-12-22(13-15-23)18(24)11-7-10-17-8-5-4-6-9-17/h4-6,8-9,16,19H,3,7,10-15,21H2,1-2H3. The average Bonchev–Trinajstić information content (AvgIpc) is 2.67. The van der Waals surface area contributed by atoms with Crippen LogP contribution in [0.3, 0.4) is 0 Å². The van der Waals surface area contributed by atoms with E-state index in [9.17, 15) is 9.59 Å². The first-order valence-corrected chi connectivity index (χ1v) is 9.39. The molecule has 1 aliphatic heterocycles. The average molecular weight is 345 g/mol. The lowest BCUT2D eigenvalue weighted by atomic mass is 9.98. The summed E-state index contributed by atoms with van der Waals surface area (Å²) < 4.78 is 0. The van der Waals surface area contributed by atoms with Gasteiger partial charge < -0.3 is 15.5 Å². The Labute approximate surface area is 151 Å². The predicted molar refractivity (Wildman–Crippen MR) is 100.0 cm³/mol. The summed E-state index contributed by atoms with van der Waals surface area (Å²) in [5.74, 6) is 0.393. The summed E-state index contributed by atoms with van der Waals surface area (Å²) in [6.45, 7) is 6.46. The number of aryl methyl sites for hydroxylation is 1. The number of hydrogen-bond donors (Lipinski definition) is 1. The van der Waals surface area contributed by atoms with Crippen molar-refractivity contribution in [3.8, 4) is 0 Å². The molecule has 2 unspecified atom stereocenters. The van der Waals surface area contributed by atoms with Gasteiger partial charge in [-0.25, -0.2) is 0 Å². The molecule has 0 aromatic heterocycles. The molecule has 25 heavy (non-hydrogen) atoms. The van der Waals surface area contributed by atoms with Crippen molar-refractivity contribution < 1.29 is 9.59 Å². The van der Waals surface area contributed by atoms with Gasteiger partial charge in [-0.2, -0.15) is 0 Å². The third kappa shape index (κ3) is 5.56. The van der Waals surface area contributed by atoms with Crippen LogP contribution >= 0.6 is 0 Å². The van der Waals surface area contributed by atoms with Gasteiger partial charge in [-0.05, 0) is 24.3 Å². The predicted octanol–water partition coefficient (Wildman–Crippen LogP) is 2.05. The van der Waals surface area contributed by atoms with Crippen molar-refractivity contribution in [2.75, 3.05) is 26.2 Å². The van der Waals surface area contributed by atoms with Crippen molar-refractivity contribution in [1.82, 2.24) is 9.80 Å². The summed E-state index contributed by atoms with van der Waals surface area (Å²) in [7, 11) is 0. The molecule has 2 atom stereocenters. The fourth-order valence-corrected chi connectivity index (χ4v) is 3.13. The number of piperazine rings is 1. The number of hydrogen-bond acceptors (Lipinski definition) is 3. The van der Waals surface area contributed by atoms with Crippen LogP contribution in [0.25, 0.3) is 0 Å². The van der Waals surface area contributed by atoms with Crippen molar-refractivity contribution in [1.29, 1.82) is 0 Å². The molecule has 5 nitrogen and oxygen atoms in total. The Kier molecular flexibility index (Phi) is 7.44. The molecule has 1 fully saturated rings. The summed E-state index contributed by atoms with van der Waals surface area (Å²) in [5.41, 5.74) is 7.31. The molecule has 0 aliphatic carbocycles. The Morgan fingerprint density at radius 3 is 2.28 bits per heavy atom. The van der Waals surface area contributed by atoms with E-state index in [-0.39, 0.29) is 17.7 Å². The molecule has 0 spiro atoms. The third-order valence-corrected chi connectivity index (χ3v) is 5.19. The summed E-state index contributed by atoms with van der Waals surface area (Å²) in [6, 6.07) is 9.81. The number of nitrogens with two attached hydrogens (primary N) is 1. The van der Waals surface area contributed by atoms with Crippen molar-refractivity contribution in [3.63, 3.8) is 0 Å². The summed E-state index contributed by atoms with van der Waals surface area (Å²) in [5, 5.41) is 0. The SMILES string of the molecule is CCC(C)C(N)C(=O)N1CCN(C(=O)CCCc2ccccc2)CC1. The van der Waals surface area contributed by atoms with Crippen LogP contribution in [0, 0.1) is 5.92 Å². The van der Waals surface area contributed by atoms with Crippen LogP contribution in [0.15, 0.2) is 30.3 Å². The second kappa shape index (κ2) is 9.56. The number of carbonyl (C=O) groups is 2. The Balaban J connectivity index is 1.72. The van der Waals surface area contributed by atoms with E-state index < -0.39 is 6.04 Å². The van der Waals surface area contributed by atoms with Crippen LogP contribution in [-0.2, 0) is 16.0 Å². The number of benzene rings is 1. The zero-order valence-electron chi connectivity index (χ0n) is 15.5. The van der Waals surface area contributed by atoms with Gasteiger partial charge in [0, 0.05) is 32.6 Å². The molecular formula is C20H31N3O2. The Hall–Kier alpha value is -1.88. The lowest BCUT2D eigenvalue weighted by Crippen LogP contribution is -2.55. The summed E-state index contributed by atoms with van der Waals surface area (Å²) in [4.78, 5) is 28.4. The normalized spacial score (nSPS) is 17.2. The monoisotopic (exact) mass is 345 g/mol. The summed E-state index contributed by atoms with van der Waals surface area (Å²) >= 11 is 0. The van der Waals surface area contributed by atoms with Gasteiger partial charge in [0.15, 0.2) is 0 Å². The van der Waals surface area contributed by atoms with Crippen molar-refractivity contribution in [3.05, 3.63) is 35.9 Å². The van der Waals surface area contributed by atoms with E-state index >= 15 is 0 Å². The minimum atomic E-state index is -0.432. The molecule has 1 aliphatic rings. The van der Waals surface area contributed by atoms with Gasteiger partial charge in [0.1, 0.15) is 0 Å². The van der Waals surface area contributed by atoms with Crippen LogP contribution < -0.4 is 5.73 Å². The van der Waals surface area contributed by atoms with E-state index in [0.29, 0.717) is 32.6 Å². The molecule has 1 aromatic carbocycles. The minimum absolute atomic E-state index is 0.0190. The minimum Gasteiger partial charge on any atom is -0.339 e. The van der Waals surface area contributed by atoms with Gasteiger partial charge in [0.2, 0.25) is 11.8 Å². The van der Waals surface area contributed by atoms with Gasteiger partial charge in [-0.15, -0.1) is 0 Å². The Bertz CT molecular complexity index is 553. The Morgan fingerprint density at radius 2 is 1.68 bits per heavy atom. The smallest absolute Gasteiger partial charge is 0.239 e. The number of rotatable bonds is 7. The highest BCUT2D eigenvalue weighted by Gasteiger charge is 2.28. The van der Waals surface area contributed by atoms with Gasteiger partial charge >= 0.3 is 0 Å². The maximum Gasteiger partial charge on any atom is 0.239 e. The first-order chi connectivity index (χ1) is 12.0. The molecule has 1 heterocycles. The zero-order valence-corrected chi connectivity index (χ0v) is 15.5. The zero-order chi connectivity index (χ0) is 18.2. The van der Waals surface area contributed by atoms with Crippen LogP contribution in [0.4, 0.5) is 0 Å². The van der Waals surface area contributed by atoms with Gasteiger partial charge in [0.05, 0.1) is 6.04 Å². The molecule has 2 N–H and O–H groups in total.